The molecule has 4 atom stereocenters. The van der Waals surface area contributed by atoms with E-state index in [1.54, 1.807) is 19.2 Å². The molecule has 0 amide bonds. The first kappa shape index (κ1) is 32.2. The van der Waals surface area contributed by atoms with E-state index in [0.29, 0.717) is 50.0 Å². The van der Waals surface area contributed by atoms with E-state index >= 15 is 0 Å². The number of alkyl halides is 6. The van der Waals surface area contributed by atoms with Gasteiger partial charge in [-0.3, -0.25) is 9.80 Å². The number of rotatable bonds is 8. The Bertz CT molecular complexity index is 1210. The van der Waals surface area contributed by atoms with Crippen LogP contribution in [0.3, 0.4) is 0 Å². The van der Waals surface area contributed by atoms with E-state index in [1.165, 1.54) is 19.1 Å². The Morgan fingerprint density at radius 2 is 1.55 bits per heavy atom. The van der Waals surface area contributed by atoms with Crippen molar-refractivity contribution in [3.8, 4) is 11.8 Å². The van der Waals surface area contributed by atoms with Gasteiger partial charge in [-0.2, -0.15) is 26.3 Å². The summed E-state index contributed by atoms with van der Waals surface area (Å²) in [5.74, 6) is 5.89. The van der Waals surface area contributed by atoms with Gasteiger partial charge in [-0.25, -0.2) is 4.39 Å². The molecular formula is C30H33F7N2O3. The fourth-order valence-corrected chi connectivity index (χ4v) is 5.30. The zero-order valence-corrected chi connectivity index (χ0v) is 23.3. The fraction of sp³-hybridized carbons (Fsp3) is 0.533. The molecule has 230 valence electrons. The fourth-order valence-electron chi connectivity index (χ4n) is 5.30. The molecule has 0 bridgehead atoms. The van der Waals surface area contributed by atoms with E-state index in [1.807, 2.05) is 4.90 Å². The van der Waals surface area contributed by atoms with Crippen LogP contribution in [-0.4, -0.2) is 68.6 Å². The lowest BCUT2D eigenvalue weighted by molar-refractivity contribution is -0.228. The number of halogens is 7. The lowest BCUT2D eigenvalue weighted by atomic mass is 10.0. The van der Waals surface area contributed by atoms with Crippen LogP contribution in [0.5, 0.6) is 0 Å². The molecule has 2 aliphatic rings. The van der Waals surface area contributed by atoms with Gasteiger partial charge < -0.3 is 14.2 Å². The summed E-state index contributed by atoms with van der Waals surface area (Å²) in [6.07, 6.45) is -10.1. The molecular weight excluding hydrogens is 569 g/mol. The molecule has 2 aromatic carbocycles. The number of methoxy groups -OCH3 is 1. The second kappa shape index (κ2) is 13.7. The standard InChI is InChI=1S/C30H33F7N2O3/c1-20(22-16-23(29(32,33)34)18-24(17-22)30(35,36)37)42-28-27(21-7-9-25(31)10-8-21)39(14-15-41-28)12-4-3-11-38-13-5-6-26(38)19-40-2/h7-10,16-18,20,26-28H,5-6,11-15,19H2,1-2H3/t20-,26?,27?,28?/m1/s1. The normalized spacial score (nSPS) is 23.0. The van der Waals surface area contributed by atoms with Crippen LogP contribution in [0.25, 0.3) is 0 Å². The topological polar surface area (TPSA) is 34.2 Å². The molecule has 5 nitrogen and oxygen atoms in total. The van der Waals surface area contributed by atoms with Crippen LogP contribution in [0.15, 0.2) is 42.5 Å². The zero-order valence-electron chi connectivity index (χ0n) is 23.3. The van der Waals surface area contributed by atoms with Crippen molar-refractivity contribution < 1.29 is 44.9 Å². The molecule has 12 heteroatoms. The Labute approximate surface area is 240 Å². The second-order valence-corrected chi connectivity index (χ2v) is 10.4. The molecule has 2 aromatic rings. The Hall–Kier alpha value is -2.69. The molecule has 0 spiro atoms. The van der Waals surface area contributed by atoms with Gasteiger partial charge in [0.25, 0.3) is 0 Å². The monoisotopic (exact) mass is 602 g/mol. The van der Waals surface area contributed by atoms with E-state index in [4.69, 9.17) is 14.2 Å². The van der Waals surface area contributed by atoms with Crippen LogP contribution in [0.1, 0.15) is 54.2 Å². The Morgan fingerprint density at radius 3 is 2.14 bits per heavy atom. The van der Waals surface area contributed by atoms with Gasteiger partial charge in [0.1, 0.15) is 5.82 Å². The quantitative estimate of drug-likeness (QED) is 0.256. The maximum atomic E-state index is 13.7. The number of nitrogens with zero attached hydrogens (tertiary/aromatic N) is 2. The van der Waals surface area contributed by atoms with Crippen molar-refractivity contribution >= 4 is 0 Å². The predicted molar refractivity (Wildman–Crippen MR) is 141 cm³/mol. The smallest absolute Gasteiger partial charge is 0.383 e. The molecule has 0 N–H and O–H groups in total. The summed E-state index contributed by atoms with van der Waals surface area (Å²) in [6, 6.07) is 6.66. The van der Waals surface area contributed by atoms with Gasteiger partial charge in [-0.15, -0.1) is 0 Å². The first-order valence-corrected chi connectivity index (χ1v) is 13.6. The third-order valence-electron chi connectivity index (χ3n) is 7.49. The molecule has 0 aliphatic carbocycles. The molecule has 2 aliphatic heterocycles. The predicted octanol–water partition coefficient (Wildman–Crippen LogP) is 6.45. The van der Waals surface area contributed by atoms with Crippen LogP contribution in [0, 0.1) is 17.7 Å². The van der Waals surface area contributed by atoms with Crippen LogP contribution in [0.2, 0.25) is 0 Å². The highest BCUT2D eigenvalue weighted by Crippen LogP contribution is 2.39. The summed E-state index contributed by atoms with van der Waals surface area (Å²) in [6.45, 7) is 4.41. The summed E-state index contributed by atoms with van der Waals surface area (Å²) in [4.78, 5) is 4.20. The van der Waals surface area contributed by atoms with Crippen LogP contribution < -0.4 is 0 Å². The van der Waals surface area contributed by atoms with E-state index < -0.39 is 47.7 Å². The number of hydrogen-bond donors (Lipinski definition) is 0. The maximum absolute atomic E-state index is 13.7. The van der Waals surface area contributed by atoms with Gasteiger partial charge in [-0.1, -0.05) is 24.0 Å². The van der Waals surface area contributed by atoms with E-state index in [-0.39, 0.29) is 18.2 Å². The third-order valence-corrected chi connectivity index (χ3v) is 7.49. The Balaban J connectivity index is 1.55. The number of likely N-dealkylation sites (tertiary alicyclic amines) is 1. The van der Waals surface area contributed by atoms with Crippen molar-refractivity contribution in [2.24, 2.45) is 0 Å². The minimum atomic E-state index is -4.98. The first-order valence-electron chi connectivity index (χ1n) is 13.6. The van der Waals surface area contributed by atoms with Gasteiger partial charge in [0.15, 0.2) is 6.29 Å². The number of ether oxygens (including phenoxy) is 3. The Morgan fingerprint density at radius 1 is 0.929 bits per heavy atom. The Kier molecular flexibility index (Phi) is 10.5. The lowest BCUT2D eigenvalue weighted by Gasteiger charge is -2.41. The molecule has 2 fully saturated rings. The highest BCUT2D eigenvalue weighted by molar-refractivity contribution is 5.35. The van der Waals surface area contributed by atoms with Gasteiger partial charge in [0.05, 0.1) is 49.6 Å². The van der Waals surface area contributed by atoms with E-state index in [0.717, 1.165) is 19.4 Å². The zero-order chi connectivity index (χ0) is 30.5. The van der Waals surface area contributed by atoms with Crippen molar-refractivity contribution in [3.63, 3.8) is 0 Å². The third kappa shape index (κ3) is 8.23. The number of morpholine rings is 1. The molecule has 0 aromatic heterocycles. The highest BCUT2D eigenvalue weighted by atomic mass is 19.4. The molecule has 0 radical (unpaired) electrons. The largest absolute Gasteiger partial charge is 0.416 e. The van der Waals surface area contributed by atoms with Crippen molar-refractivity contribution in [3.05, 3.63) is 70.5 Å². The summed E-state index contributed by atoms with van der Waals surface area (Å²) in [5, 5.41) is 0. The number of hydrogen-bond acceptors (Lipinski definition) is 5. The van der Waals surface area contributed by atoms with Gasteiger partial charge >= 0.3 is 12.4 Å². The average Bonchev–Trinajstić information content (AvgIpc) is 3.37. The summed E-state index contributed by atoms with van der Waals surface area (Å²) < 4.78 is 112. The SMILES string of the molecule is COCC1CCCN1CC#CCN1CCOC(O[C@H](C)c2cc(C(F)(F)F)cc(C(F)(F)F)c2)C1c1ccc(F)cc1. The van der Waals surface area contributed by atoms with Crippen molar-refractivity contribution in [2.45, 2.75) is 56.6 Å². The molecule has 3 unspecified atom stereocenters. The van der Waals surface area contributed by atoms with Crippen LogP contribution >= 0.6 is 0 Å². The molecule has 0 saturated carbocycles. The minimum absolute atomic E-state index is 0.0781. The summed E-state index contributed by atoms with van der Waals surface area (Å²) in [5.41, 5.74) is -2.54. The molecule has 42 heavy (non-hydrogen) atoms. The summed E-state index contributed by atoms with van der Waals surface area (Å²) >= 11 is 0. The van der Waals surface area contributed by atoms with Crippen molar-refractivity contribution in [2.75, 3.05) is 46.5 Å². The average molecular weight is 603 g/mol. The van der Waals surface area contributed by atoms with Gasteiger partial charge in [-0.05, 0) is 67.8 Å². The van der Waals surface area contributed by atoms with Crippen molar-refractivity contribution in [1.29, 1.82) is 0 Å². The lowest BCUT2D eigenvalue weighted by Crippen LogP contribution is -2.47. The van der Waals surface area contributed by atoms with Gasteiger partial charge in [0.2, 0.25) is 0 Å². The highest BCUT2D eigenvalue weighted by Gasteiger charge is 2.39. The summed E-state index contributed by atoms with van der Waals surface area (Å²) in [7, 11) is 1.66. The minimum Gasteiger partial charge on any atom is -0.383 e. The second-order valence-electron chi connectivity index (χ2n) is 10.4. The molecule has 4 rings (SSSR count). The maximum Gasteiger partial charge on any atom is 0.416 e. The number of benzene rings is 2. The molecule has 2 saturated heterocycles. The van der Waals surface area contributed by atoms with Crippen LogP contribution in [-0.2, 0) is 26.6 Å². The van der Waals surface area contributed by atoms with E-state index in [2.05, 4.69) is 16.7 Å². The van der Waals surface area contributed by atoms with E-state index in [9.17, 15) is 30.7 Å². The van der Waals surface area contributed by atoms with Gasteiger partial charge in [0, 0.05) is 19.7 Å². The van der Waals surface area contributed by atoms with Crippen LogP contribution in [0.4, 0.5) is 30.7 Å². The first-order chi connectivity index (χ1) is 19.9. The van der Waals surface area contributed by atoms with Crippen molar-refractivity contribution in [1.82, 2.24) is 9.80 Å². The molecule has 2 heterocycles.